The van der Waals surface area contributed by atoms with Crippen LogP contribution in [0.4, 0.5) is 22.7 Å². The molecule has 6 rings (SSSR count). The van der Waals surface area contributed by atoms with E-state index in [2.05, 4.69) is 58.3 Å². The molecule has 0 spiro atoms. The molecule has 0 bridgehead atoms. The number of benzene rings is 4. The Bertz CT molecular complexity index is 1440. The molecule has 0 aromatic heterocycles. The van der Waals surface area contributed by atoms with E-state index in [9.17, 15) is 9.59 Å². The second-order valence-electron chi connectivity index (χ2n) is 8.59. The van der Waals surface area contributed by atoms with Gasteiger partial charge in [0.25, 0.3) is 0 Å². The lowest BCUT2D eigenvalue weighted by molar-refractivity contribution is 0.111. The van der Waals surface area contributed by atoms with Gasteiger partial charge in [0.05, 0.1) is 22.7 Å². The van der Waals surface area contributed by atoms with Crippen LogP contribution >= 0.6 is 34.0 Å². The molecule has 36 heavy (non-hydrogen) atoms. The molecule has 0 saturated carbocycles. The highest BCUT2D eigenvalue weighted by molar-refractivity contribution is 8.14. The minimum atomic E-state index is -0.348. The average molecular weight is 527 g/mol. The Morgan fingerprint density at radius 2 is 1.08 bits per heavy atom. The van der Waals surface area contributed by atoms with Gasteiger partial charge in [0.15, 0.2) is 5.50 Å². The first-order valence-electron chi connectivity index (χ1n) is 11.3. The fourth-order valence-electron chi connectivity index (χ4n) is 4.70. The van der Waals surface area contributed by atoms with Crippen molar-refractivity contribution in [3.8, 4) is 0 Å². The summed E-state index contributed by atoms with van der Waals surface area (Å²) in [6, 6.07) is 28.6. The smallest absolute Gasteiger partial charge is 0.153 e. The molecule has 7 heteroatoms. The van der Waals surface area contributed by atoms with E-state index in [4.69, 9.17) is 0 Å². The number of rotatable bonds is 5. The van der Waals surface area contributed by atoms with Crippen LogP contribution in [-0.4, -0.2) is 30.2 Å². The number of anilines is 4. The third-order valence-electron chi connectivity index (χ3n) is 6.25. The topological polar surface area (TPSA) is 40.6 Å². The molecule has 4 aromatic rings. The third kappa shape index (κ3) is 3.79. The lowest BCUT2D eigenvalue weighted by Gasteiger charge is -2.47. The van der Waals surface area contributed by atoms with E-state index in [0.29, 0.717) is 11.1 Å². The van der Waals surface area contributed by atoms with Crippen LogP contribution in [0.25, 0.3) is 0 Å². The van der Waals surface area contributed by atoms with Crippen LogP contribution in [0.3, 0.4) is 0 Å². The summed E-state index contributed by atoms with van der Waals surface area (Å²) in [5.41, 5.74) is 5.52. The molecule has 0 fully saturated rings. The number of aldehydes is 2. The zero-order valence-corrected chi connectivity index (χ0v) is 21.9. The van der Waals surface area contributed by atoms with Crippen LogP contribution < -0.4 is 9.80 Å². The van der Waals surface area contributed by atoms with E-state index in [-0.39, 0.29) is 16.0 Å². The molecule has 1 atom stereocenters. The zero-order chi connectivity index (χ0) is 24.8. The van der Waals surface area contributed by atoms with E-state index < -0.39 is 0 Å². The first kappa shape index (κ1) is 23.2. The first-order valence-corrected chi connectivity index (χ1v) is 14.8. The normalized spacial score (nSPS) is 14.4. The molecule has 0 amide bonds. The molecule has 0 radical (unpaired) electrons. The van der Waals surface area contributed by atoms with Crippen molar-refractivity contribution in [2.45, 2.75) is 25.1 Å². The summed E-state index contributed by atoms with van der Waals surface area (Å²) in [5, 5.41) is 0. The van der Waals surface area contributed by atoms with Gasteiger partial charge >= 0.3 is 0 Å². The van der Waals surface area contributed by atoms with Gasteiger partial charge < -0.3 is 9.80 Å². The number of nitrogens with zero attached hydrogens (tertiary/aromatic N) is 2. The number of hydrogen-bond acceptors (Lipinski definition) is 6. The fourth-order valence-corrected chi connectivity index (χ4v) is 8.12. The molecule has 4 aromatic carbocycles. The van der Waals surface area contributed by atoms with Gasteiger partial charge in [-0.05, 0) is 66.9 Å². The second-order valence-corrected chi connectivity index (χ2v) is 12.6. The summed E-state index contributed by atoms with van der Waals surface area (Å²) in [7, 11) is -0.348. The average Bonchev–Trinajstić information content (AvgIpc) is 2.91. The second kappa shape index (κ2) is 9.32. The van der Waals surface area contributed by atoms with Crippen LogP contribution in [0, 0.1) is 0 Å². The maximum Gasteiger partial charge on any atom is 0.153 e. The van der Waals surface area contributed by atoms with E-state index >= 15 is 0 Å². The van der Waals surface area contributed by atoms with Crippen LogP contribution in [-0.2, 0) is 0 Å². The predicted octanol–water partition coefficient (Wildman–Crippen LogP) is 7.83. The van der Waals surface area contributed by atoms with E-state index in [1.165, 1.54) is 0 Å². The molecule has 178 valence electrons. The van der Waals surface area contributed by atoms with Crippen molar-refractivity contribution in [1.29, 1.82) is 0 Å². The molecule has 4 nitrogen and oxygen atoms in total. The lowest BCUT2D eigenvalue weighted by Crippen LogP contribution is -2.44. The van der Waals surface area contributed by atoms with Gasteiger partial charge in [-0.15, -0.1) is 0 Å². The van der Waals surface area contributed by atoms with E-state index in [1.54, 1.807) is 23.5 Å². The highest BCUT2D eigenvalue weighted by Gasteiger charge is 2.37. The monoisotopic (exact) mass is 526 g/mol. The van der Waals surface area contributed by atoms with Gasteiger partial charge in [-0.1, -0.05) is 53.7 Å². The van der Waals surface area contributed by atoms with Crippen LogP contribution in [0.15, 0.2) is 105 Å². The minimum Gasteiger partial charge on any atom is -0.309 e. The molecule has 2 aliphatic rings. The summed E-state index contributed by atoms with van der Waals surface area (Å²) in [6.45, 7) is 0. The summed E-state index contributed by atoms with van der Waals surface area (Å²) in [4.78, 5) is 32.2. The number of hydrogen-bond donors (Lipinski definition) is 0. The molecular weight excluding hydrogens is 505 g/mol. The van der Waals surface area contributed by atoms with Crippen molar-refractivity contribution < 1.29 is 9.59 Å². The van der Waals surface area contributed by atoms with Crippen LogP contribution in [0.2, 0.25) is 0 Å². The largest absolute Gasteiger partial charge is 0.309 e. The summed E-state index contributed by atoms with van der Waals surface area (Å²) in [5.74, 6) is 4.57. The fraction of sp³-hybridized carbons (Fsp3) is 0.0690. The number of fused-ring (bicyclic) bond motifs is 4. The van der Waals surface area contributed by atoms with Gasteiger partial charge in [-0.2, -0.15) is 10.5 Å². The highest BCUT2D eigenvalue weighted by atomic mass is 32.2. The van der Waals surface area contributed by atoms with E-state index in [0.717, 1.165) is 54.9 Å². The Balaban J connectivity index is 1.61. The van der Waals surface area contributed by atoms with Crippen molar-refractivity contribution >= 4 is 75.2 Å². The Hall–Kier alpha value is -3.26. The molecule has 0 aliphatic carbocycles. The standard InChI is InChI=1S/C29H22N2O2S3/c1-36(2)29(30-21-7-3-5-9-25(21)34-27-15-19(17-32)11-13-23(27)30)31-22-8-4-6-10-26(22)35-28-16-20(18-33)12-14-24(28)31/h3-18,29H,1H2,2H3. The van der Waals surface area contributed by atoms with E-state index in [1.807, 2.05) is 48.5 Å². The van der Waals surface area contributed by atoms with Crippen LogP contribution in [0.1, 0.15) is 20.7 Å². The van der Waals surface area contributed by atoms with Gasteiger partial charge in [-0.3, -0.25) is 9.59 Å². The Kier molecular flexibility index (Phi) is 5.99. The molecule has 1 unspecified atom stereocenters. The quantitative estimate of drug-likeness (QED) is 0.195. The molecule has 2 heterocycles. The third-order valence-corrected chi connectivity index (χ3v) is 9.62. The Morgan fingerprint density at radius 3 is 1.50 bits per heavy atom. The summed E-state index contributed by atoms with van der Waals surface area (Å²) >= 11 is 3.38. The summed E-state index contributed by atoms with van der Waals surface area (Å²) in [6.07, 6.45) is 3.96. The minimum absolute atomic E-state index is 0.143. The maximum absolute atomic E-state index is 11.6. The number of carbonyl (C=O) groups is 2. The van der Waals surface area contributed by atoms with Crippen molar-refractivity contribution in [2.24, 2.45) is 0 Å². The van der Waals surface area contributed by atoms with Gasteiger partial charge in [0.2, 0.25) is 0 Å². The highest BCUT2D eigenvalue weighted by Crippen LogP contribution is 2.56. The predicted molar refractivity (Wildman–Crippen MR) is 153 cm³/mol. The van der Waals surface area contributed by atoms with Crippen molar-refractivity contribution in [3.63, 3.8) is 0 Å². The van der Waals surface area contributed by atoms with Crippen LogP contribution in [0.5, 0.6) is 0 Å². The molecule has 2 aliphatic heterocycles. The Morgan fingerprint density at radius 1 is 0.667 bits per heavy atom. The summed E-state index contributed by atoms with van der Waals surface area (Å²) < 4.78 is 0. The number of para-hydroxylation sites is 2. The molecule has 0 N–H and O–H groups in total. The molecular formula is C29H22N2O2S3. The van der Waals surface area contributed by atoms with Gasteiger partial charge in [-0.25, -0.2) is 0 Å². The van der Waals surface area contributed by atoms with Gasteiger partial charge in [0, 0.05) is 30.7 Å². The lowest BCUT2D eigenvalue weighted by atomic mass is 10.1. The van der Waals surface area contributed by atoms with Crippen molar-refractivity contribution in [1.82, 2.24) is 0 Å². The van der Waals surface area contributed by atoms with Crippen molar-refractivity contribution in [3.05, 3.63) is 96.1 Å². The maximum atomic E-state index is 11.6. The van der Waals surface area contributed by atoms with Crippen molar-refractivity contribution in [2.75, 3.05) is 16.1 Å². The number of carbonyl (C=O) groups excluding carboxylic acids is 2. The van der Waals surface area contributed by atoms with Gasteiger partial charge in [0.1, 0.15) is 12.6 Å². The SMILES string of the molecule is C=S(C)C(N1c2ccccc2Sc2cc(C=O)ccc21)N1c2ccccc2Sc2cc(C=O)ccc21. The Labute approximate surface area is 221 Å². The first-order chi connectivity index (χ1) is 17.6. The molecule has 0 saturated heterocycles. The zero-order valence-electron chi connectivity index (χ0n) is 19.5.